The highest BCUT2D eigenvalue weighted by Crippen LogP contribution is 2.27. The van der Waals surface area contributed by atoms with Crippen LogP contribution in [0.15, 0.2) is 23.1 Å². The molecule has 1 aliphatic heterocycles. The van der Waals surface area contributed by atoms with Gasteiger partial charge < -0.3 is 0 Å². The van der Waals surface area contributed by atoms with Gasteiger partial charge in [0, 0.05) is 18.2 Å². The minimum absolute atomic E-state index is 0.0296. The van der Waals surface area contributed by atoms with E-state index in [0.717, 1.165) is 32.1 Å². The number of hydrogen-bond acceptors (Lipinski definition) is 2. The van der Waals surface area contributed by atoms with E-state index in [4.69, 9.17) is 11.6 Å². The number of halogens is 2. The molecule has 1 atom stereocenters. The smallest absolute Gasteiger partial charge is 0.207 e. The zero-order chi connectivity index (χ0) is 15.5. The lowest BCUT2D eigenvalue weighted by atomic mass is 10.1. The summed E-state index contributed by atoms with van der Waals surface area (Å²) in [4.78, 5) is 0.139. The van der Waals surface area contributed by atoms with Crippen LogP contribution in [0, 0.1) is 5.82 Å². The molecule has 2 rings (SSSR count). The third-order valence-electron chi connectivity index (χ3n) is 4.06. The van der Waals surface area contributed by atoms with Crippen LogP contribution < -0.4 is 0 Å². The minimum atomic E-state index is -3.59. The van der Waals surface area contributed by atoms with Gasteiger partial charge >= 0.3 is 0 Å². The molecule has 0 spiro atoms. The van der Waals surface area contributed by atoms with Crippen LogP contribution in [0.25, 0.3) is 0 Å². The first-order valence-electron chi connectivity index (χ1n) is 7.37. The Bertz CT molecular complexity index is 591. The van der Waals surface area contributed by atoms with Gasteiger partial charge in [-0.15, -0.1) is 11.6 Å². The molecule has 1 aromatic rings. The van der Waals surface area contributed by atoms with E-state index < -0.39 is 15.8 Å². The average Bonchev–Trinajstić information content (AvgIpc) is 2.73. The summed E-state index contributed by atoms with van der Waals surface area (Å²) in [5.74, 6) is -0.501. The van der Waals surface area contributed by atoms with Gasteiger partial charge in [0.15, 0.2) is 0 Å². The molecule has 3 nitrogen and oxygen atoms in total. The zero-order valence-corrected chi connectivity index (χ0v) is 13.8. The van der Waals surface area contributed by atoms with E-state index in [1.165, 1.54) is 18.2 Å². The summed E-state index contributed by atoms with van der Waals surface area (Å²) in [6, 6.07) is 3.90. The van der Waals surface area contributed by atoms with Crippen molar-refractivity contribution in [2.45, 2.75) is 55.8 Å². The highest BCUT2D eigenvalue weighted by atomic mass is 35.5. The fourth-order valence-corrected chi connectivity index (χ4v) is 4.85. The summed E-state index contributed by atoms with van der Waals surface area (Å²) in [5, 5.41) is 0. The number of sulfonamides is 1. The highest BCUT2D eigenvalue weighted by Gasteiger charge is 2.31. The Kier molecular flexibility index (Phi) is 5.63. The third kappa shape index (κ3) is 3.58. The largest absolute Gasteiger partial charge is 0.243 e. The molecule has 0 aliphatic carbocycles. The molecule has 0 N–H and O–H groups in total. The van der Waals surface area contributed by atoms with Crippen LogP contribution in [0.2, 0.25) is 0 Å². The van der Waals surface area contributed by atoms with Crippen LogP contribution in [0.4, 0.5) is 4.39 Å². The third-order valence-corrected chi connectivity index (χ3v) is 6.30. The molecule has 118 valence electrons. The molecule has 0 radical (unpaired) electrons. The molecule has 6 heteroatoms. The standard InChI is InChI=1S/C15H21ClFNO2S/c1-2-13-6-4-3-5-9-18(13)21(19,20)14-7-8-15(17)12(10-14)11-16/h7-8,10,13H,2-6,9,11H2,1H3. The van der Waals surface area contributed by atoms with Crippen LogP contribution >= 0.6 is 11.6 Å². The normalized spacial score (nSPS) is 21.2. The average molecular weight is 334 g/mol. The van der Waals surface area contributed by atoms with Gasteiger partial charge in [-0.3, -0.25) is 0 Å². The number of hydrogen-bond donors (Lipinski definition) is 0. The molecule has 1 unspecified atom stereocenters. The summed E-state index contributed by atoms with van der Waals surface area (Å²) >= 11 is 5.67. The van der Waals surface area contributed by atoms with Crippen LogP contribution in [-0.4, -0.2) is 25.3 Å². The molecular formula is C15H21ClFNO2S. The van der Waals surface area contributed by atoms with Gasteiger partial charge in [-0.25, -0.2) is 12.8 Å². The van der Waals surface area contributed by atoms with Crippen molar-refractivity contribution < 1.29 is 12.8 Å². The van der Waals surface area contributed by atoms with E-state index >= 15 is 0 Å². The maximum atomic E-state index is 13.5. The number of rotatable bonds is 4. The van der Waals surface area contributed by atoms with Crippen molar-refractivity contribution in [3.8, 4) is 0 Å². The Balaban J connectivity index is 2.39. The molecule has 1 aliphatic rings. The monoisotopic (exact) mass is 333 g/mol. The van der Waals surface area contributed by atoms with E-state index in [2.05, 4.69) is 0 Å². The Morgan fingerprint density at radius 1 is 1.33 bits per heavy atom. The summed E-state index contributed by atoms with van der Waals surface area (Å²) in [6.45, 7) is 2.54. The Morgan fingerprint density at radius 2 is 2.10 bits per heavy atom. The van der Waals surface area contributed by atoms with Crippen molar-refractivity contribution in [2.75, 3.05) is 6.54 Å². The van der Waals surface area contributed by atoms with Gasteiger partial charge in [0.05, 0.1) is 10.8 Å². The molecular weight excluding hydrogens is 313 g/mol. The van der Waals surface area contributed by atoms with Gasteiger partial charge in [-0.05, 0) is 37.5 Å². The van der Waals surface area contributed by atoms with Gasteiger partial charge in [0.1, 0.15) is 5.82 Å². The maximum absolute atomic E-state index is 13.5. The molecule has 0 aromatic heterocycles. The Labute approximate surface area is 131 Å². The second-order valence-corrected chi connectivity index (χ2v) is 7.57. The second-order valence-electron chi connectivity index (χ2n) is 5.41. The Hall–Kier alpha value is -0.650. The van der Waals surface area contributed by atoms with Crippen molar-refractivity contribution in [2.24, 2.45) is 0 Å². The number of benzene rings is 1. The van der Waals surface area contributed by atoms with Crippen LogP contribution in [0.1, 0.15) is 44.6 Å². The first-order valence-corrected chi connectivity index (χ1v) is 9.34. The van der Waals surface area contributed by atoms with Crippen molar-refractivity contribution in [3.63, 3.8) is 0 Å². The fraction of sp³-hybridized carbons (Fsp3) is 0.600. The second kappa shape index (κ2) is 7.07. The summed E-state index contributed by atoms with van der Waals surface area (Å²) in [7, 11) is -3.59. The quantitative estimate of drug-likeness (QED) is 0.783. The van der Waals surface area contributed by atoms with E-state index in [9.17, 15) is 12.8 Å². The first kappa shape index (κ1) is 16.7. The molecule has 0 bridgehead atoms. The van der Waals surface area contributed by atoms with Gasteiger partial charge in [-0.2, -0.15) is 4.31 Å². The van der Waals surface area contributed by atoms with E-state index in [-0.39, 0.29) is 22.4 Å². The Morgan fingerprint density at radius 3 is 2.76 bits per heavy atom. The maximum Gasteiger partial charge on any atom is 0.243 e. The topological polar surface area (TPSA) is 37.4 Å². The number of alkyl halides is 1. The van der Waals surface area contributed by atoms with E-state index in [1.54, 1.807) is 4.31 Å². The molecule has 1 aromatic carbocycles. The highest BCUT2D eigenvalue weighted by molar-refractivity contribution is 7.89. The lowest BCUT2D eigenvalue weighted by Crippen LogP contribution is -2.39. The predicted molar refractivity (Wildman–Crippen MR) is 82.4 cm³/mol. The van der Waals surface area contributed by atoms with Crippen LogP contribution in [0.5, 0.6) is 0 Å². The molecule has 21 heavy (non-hydrogen) atoms. The van der Waals surface area contributed by atoms with Gasteiger partial charge in [0.25, 0.3) is 0 Å². The summed E-state index contributed by atoms with van der Waals surface area (Å²) in [6.07, 6.45) is 4.67. The predicted octanol–water partition coefficient (Wildman–Crippen LogP) is 3.91. The van der Waals surface area contributed by atoms with Crippen molar-refractivity contribution >= 4 is 21.6 Å². The fourth-order valence-electron chi connectivity index (χ4n) is 2.82. The van der Waals surface area contributed by atoms with Crippen molar-refractivity contribution in [1.29, 1.82) is 0 Å². The number of nitrogens with zero attached hydrogens (tertiary/aromatic N) is 1. The zero-order valence-electron chi connectivity index (χ0n) is 12.2. The van der Waals surface area contributed by atoms with Crippen molar-refractivity contribution in [3.05, 3.63) is 29.6 Å². The first-order chi connectivity index (χ1) is 10.0. The van der Waals surface area contributed by atoms with Crippen LogP contribution in [-0.2, 0) is 15.9 Å². The SMILES string of the molecule is CCC1CCCCCN1S(=O)(=O)c1ccc(F)c(CCl)c1. The van der Waals surface area contributed by atoms with E-state index in [0.29, 0.717) is 6.54 Å². The van der Waals surface area contributed by atoms with Gasteiger partial charge in [0.2, 0.25) is 10.0 Å². The molecule has 1 heterocycles. The van der Waals surface area contributed by atoms with Crippen molar-refractivity contribution in [1.82, 2.24) is 4.31 Å². The van der Waals surface area contributed by atoms with Crippen LogP contribution in [0.3, 0.4) is 0 Å². The lowest BCUT2D eigenvalue weighted by Gasteiger charge is -2.28. The van der Waals surface area contributed by atoms with Gasteiger partial charge in [-0.1, -0.05) is 19.8 Å². The lowest BCUT2D eigenvalue weighted by molar-refractivity contribution is 0.315. The van der Waals surface area contributed by atoms with E-state index in [1.807, 2.05) is 6.92 Å². The summed E-state index contributed by atoms with van der Waals surface area (Å²) < 4.78 is 40.8. The molecule has 1 saturated heterocycles. The summed E-state index contributed by atoms with van der Waals surface area (Å²) in [5.41, 5.74) is 0.223. The molecule has 1 fully saturated rings. The minimum Gasteiger partial charge on any atom is -0.207 e. The molecule has 0 saturated carbocycles. The molecule has 0 amide bonds.